The third kappa shape index (κ3) is 5.35. The third-order valence-electron chi connectivity index (χ3n) is 3.66. The number of hydrogen-bond acceptors (Lipinski definition) is 4. The Morgan fingerprint density at radius 3 is 2.63 bits per heavy atom. The van der Waals surface area contributed by atoms with Gasteiger partial charge >= 0.3 is 0 Å². The first-order valence-electron chi connectivity index (χ1n) is 8.34. The molecule has 1 aromatic heterocycles. The number of anilines is 1. The van der Waals surface area contributed by atoms with Gasteiger partial charge in [-0.3, -0.25) is 9.78 Å². The van der Waals surface area contributed by atoms with Crippen LogP contribution in [0, 0.1) is 12.3 Å². The van der Waals surface area contributed by atoms with E-state index in [0.29, 0.717) is 29.4 Å². The lowest BCUT2D eigenvalue weighted by Gasteiger charge is -2.09. The molecule has 27 heavy (non-hydrogen) atoms. The third-order valence-corrected chi connectivity index (χ3v) is 3.66. The van der Waals surface area contributed by atoms with Crippen LogP contribution in [0.5, 0.6) is 11.5 Å². The summed E-state index contributed by atoms with van der Waals surface area (Å²) in [7, 11) is 0. The number of rotatable bonds is 7. The van der Waals surface area contributed by atoms with Crippen molar-refractivity contribution < 1.29 is 14.3 Å². The van der Waals surface area contributed by atoms with Crippen LogP contribution >= 0.6 is 0 Å². The van der Waals surface area contributed by atoms with E-state index in [-0.39, 0.29) is 12.5 Å². The normalized spacial score (nSPS) is 9.89. The van der Waals surface area contributed by atoms with Crippen LogP contribution in [0.15, 0.2) is 73.1 Å². The Kier molecular flexibility index (Phi) is 6.05. The molecule has 3 rings (SSSR count). The molecule has 0 saturated heterocycles. The molecule has 0 fully saturated rings. The van der Waals surface area contributed by atoms with Gasteiger partial charge in [-0.2, -0.15) is 0 Å². The Hall–Kier alpha value is -3.78. The zero-order chi connectivity index (χ0) is 18.9. The number of pyridine rings is 1. The zero-order valence-corrected chi connectivity index (χ0v) is 14.6. The maximum Gasteiger partial charge on any atom is 0.255 e. The van der Waals surface area contributed by atoms with Gasteiger partial charge in [-0.1, -0.05) is 18.1 Å². The quantitative estimate of drug-likeness (QED) is 0.650. The second kappa shape index (κ2) is 9.07. The topological polar surface area (TPSA) is 60.5 Å². The van der Waals surface area contributed by atoms with Gasteiger partial charge in [-0.15, -0.1) is 6.42 Å². The van der Waals surface area contributed by atoms with E-state index in [4.69, 9.17) is 15.9 Å². The van der Waals surface area contributed by atoms with E-state index in [1.54, 1.807) is 54.9 Å². The van der Waals surface area contributed by atoms with Gasteiger partial charge in [0.15, 0.2) is 0 Å². The number of carbonyl (C=O) groups excluding carboxylic acids is 1. The summed E-state index contributed by atoms with van der Waals surface area (Å²) < 4.78 is 11.0. The van der Waals surface area contributed by atoms with Gasteiger partial charge in [-0.05, 0) is 48.5 Å². The molecule has 0 radical (unpaired) electrons. The second-order valence-electron chi connectivity index (χ2n) is 5.65. The highest BCUT2D eigenvalue weighted by Gasteiger charge is 2.08. The molecule has 1 amide bonds. The second-order valence-corrected chi connectivity index (χ2v) is 5.65. The maximum absolute atomic E-state index is 12.5. The van der Waals surface area contributed by atoms with Crippen LogP contribution < -0.4 is 14.8 Å². The average Bonchev–Trinajstić information content (AvgIpc) is 2.73. The lowest BCUT2D eigenvalue weighted by atomic mass is 10.2. The molecule has 1 N–H and O–H groups in total. The average molecular weight is 358 g/mol. The molecule has 0 bridgehead atoms. The predicted molar refractivity (Wildman–Crippen MR) is 104 cm³/mol. The maximum atomic E-state index is 12.5. The summed E-state index contributed by atoms with van der Waals surface area (Å²) in [6.07, 6.45) is 8.61. The van der Waals surface area contributed by atoms with Crippen molar-refractivity contribution in [2.75, 3.05) is 11.9 Å². The number of nitrogens with zero attached hydrogens (tertiary/aromatic N) is 1. The lowest BCUT2D eigenvalue weighted by molar-refractivity contribution is 0.102. The van der Waals surface area contributed by atoms with Gasteiger partial charge in [0.2, 0.25) is 0 Å². The Balaban J connectivity index is 1.60. The molecule has 0 aliphatic heterocycles. The van der Waals surface area contributed by atoms with Gasteiger partial charge < -0.3 is 14.8 Å². The highest BCUT2D eigenvalue weighted by Crippen LogP contribution is 2.19. The minimum Gasteiger partial charge on any atom is -0.489 e. The lowest BCUT2D eigenvalue weighted by Crippen LogP contribution is -2.12. The summed E-state index contributed by atoms with van der Waals surface area (Å²) in [5.41, 5.74) is 2.13. The summed E-state index contributed by atoms with van der Waals surface area (Å²) in [5, 5.41) is 2.84. The predicted octanol–water partition coefficient (Wildman–Crippen LogP) is 3.92. The van der Waals surface area contributed by atoms with Crippen LogP contribution in [0.1, 0.15) is 15.9 Å². The number of nitrogens with one attached hydrogen (secondary N) is 1. The van der Waals surface area contributed by atoms with E-state index < -0.39 is 0 Å². The molecular formula is C22H18N2O3. The van der Waals surface area contributed by atoms with E-state index in [0.717, 1.165) is 5.56 Å². The summed E-state index contributed by atoms with van der Waals surface area (Å²) in [5.74, 6) is 3.45. The van der Waals surface area contributed by atoms with Crippen LogP contribution in [0.4, 0.5) is 5.69 Å². The molecule has 0 unspecified atom stereocenters. The van der Waals surface area contributed by atoms with Crippen LogP contribution in [-0.2, 0) is 6.61 Å². The number of carbonyl (C=O) groups is 1. The minimum atomic E-state index is -0.223. The molecule has 0 aliphatic rings. The van der Waals surface area contributed by atoms with E-state index in [2.05, 4.69) is 16.2 Å². The molecule has 3 aromatic rings. The van der Waals surface area contributed by atoms with Crippen molar-refractivity contribution in [3.63, 3.8) is 0 Å². The highest BCUT2D eigenvalue weighted by molar-refractivity contribution is 6.04. The van der Waals surface area contributed by atoms with E-state index in [1.807, 2.05) is 18.2 Å². The van der Waals surface area contributed by atoms with Crippen molar-refractivity contribution in [1.29, 1.82) is 0 Å². The number of benzene rings is 2. The van der Waals surface area contributed by atoms with Gasteiger partial charge in [-0.25, -0.2) is 0 Å². The fourth-order valence-corrected chi connectivity index (χ4v) is 2.34. The smallest absolute Gasteiger partial charge is 0.255 e. The molecule has 0 atom stereocenters. The fraction of sp³-hybridized carbons (Fsp3) is 0.0909. The molecule has 0 saturated carbocycles. The van der Waals surface area contributed by atoms with Gasteiger partial charge in [0.25, 0.3) is 5.91 Å². The van der Waals surface area contributed by atoms with Crippen molar-refractivity contribution in [3.05, 3.63) is 84.2 Å². The first kappa shape index (κ1) is 18.0. The summed E-state index contributed by atoms with van der Waals surface area (Å²) >= 11 is 0. The van der Waals surface area contributed by atoms with Crippen molar-refractivity contribution >= 4 is 11.6 Å². The number of terminal acetylenes is 1. The molecular weight excluding hydrogens is 340 g/mol. The summed E-state index contributed by atoms with van der Waals surface area (Å²) in [6, 6.07) is 17.8. The summed E-state index contributed by atoms with van der Waals surface area (Å²) in [4.78, 5) is 16.5. The van der Waals surface area contributed by atoms with Crippen LogP contribution in [-0.4, -0.2) is 17.5 Å². The first-order chi connectivity index (χ1) is 13.2. The Bertz CT molecular complexity index is 932. The van der Waals surface area contributed by atoms with E-state index in [1.165, 1.54) is 0 Å². The van der Waals surface area contributed by atoms with Gasteiger partial charge in [0, 0.05) is 29.2 Å². The fourth-order valence-electron chi connectivity index (χ4n) is 2.34. The van der Waals surface area contributed by atoms with Crippen LogP contribution in [0.3, 0.4) is 0 Å². The molecule has 0 aliphatic carbocycles. The SMILES string of the molecule is C#CCOc1ccc(NC(=O)c2cccc(OCc3cccnc3)c2)cc1. The van der Waals surface area contributed by atoms with Crippen molar-refractivity contribution in [2.24, 2.45) is 0 Å². The van der Waals surface area contributed by atoms with Crippen molar-refractivity contribution in [2.45, 2.75) is 6.61 Å². The summed E-state index contributed by atoms with van der Waals surface area (Å²) in [6.45, 7) is 0.593. The van der Waals surface area contributed by atoms with Gasteiger partial charge in [0.1, 0.15) is 24.7 Å². The standard InChI is InChI=1S/C22H18N2O3/c1-2-13-26-20-10-8-19(9-11-20)24-22(25)18-6-3-7-21(14-18)27-16-17-5-4-12-23-15-17/h1,3-12,14-15H,13,16H2,(H,24,25). The Labute approximate surface area is 158 Å². The number of amides is 1. The molecule has 5 heteroatoms. The van der Waals surface area contributed by atoms with E-state index in [9.17, 15) is 4.79 Å². The zero-order valence-electron chi connectivity index (χ0n) is 14.6. The highest BCUT2D eigenvalue weighted by atomic mass is 16.5. The van der Waals surface area contributed by atoms with Gasteiger partial charge in [0.05, 0.1) is 0 Å². The largest absolute Gasteiger partial charge is 0.489 e. The first-order valence-corrected chi connectivity index (χ1v) is 8.34. The molecule has 5 nitrogen and oxygen atoms in total. The number of ether oxygens (including phenoxy) is 2. The van der Waals surface area contributed by atoms with Crippen molar-refractivity contribution in [3.8, 4) is 23.8 Å². The van der Waals surface area contributed by atoms with Crippen LogP contribution in [0.2, 0.25) is 0 Å². The Morgan fingerprint density at radius 1 is 1.04 bits per heavy atom. The Morgan fingerprint density at radius 2 is 1.89 bits per heavy atom. The monoisotopic (exact) mass is 358 g/mol. The minimum absolute atomic E-state index is 0.206. The molecule has 2 aromatic carbocycles. The van der Waals surface area contributed by atoms with Crippen LogP contribution in [0.25, 0.3) is 0 Å². The molecule has 0 spiro atoms. The number of hydrogen-bond donors (Lipinski definition) is 1. The molecule has 134 valence electrons. The molecule has 1 heterocycles. The van der Waals surface area contributed by atoms with E-state index >= 15 is 0 Å². The van der Waals surface area contributed by atoms with Crippen molar-refractivity contribution in [1.82, 2.24) is 4.98 Å². The number of aromatic nitrogens is 1.